The van der Waals surface area contributed by atoms with Crippen LogP contribution in [-0.2, 0) is 19.5 Å². The first-order chi connectivity index (χ1) is 7.85. The summed E-state index contributed by atoms with van der Waals surface area (Å²) in [7, 11) is 0. The van der Waals surface area contributed by atoms with Crippen molar-refractivity contribution in [2.45, 2.75) is 32.9 Å². The summed E-state index contributed by atoms with van der Waals surface area (Å²) in [5, 5.41) is 0. The highest BCUT2D eigenvalue weighted by molar-refractivity contribution is 5.17. The van der Waals surface area contributed by atoms with Crippen molar-refractivity contribution in [1.29, 1.82) is 0 Å². The molecule has 0 fully saturated rings. The second-order valence-corrected chi connectivity index (χ2v) is 3.79. The van der Waals surface area contributed by atoms with Gasteiger partial charge in [0.05, 0.1) is 12.8 Å². The van der Waals surface area contributed by atoms with Crippen molar-refractivity contribution < 1.29 is 4.42 Å². The summed E-state index contributed by atoms with van der Waals surface area (Å²) in [5.74, 6) is 2.03. The average molecular weight is 219 g/mol. The summed E-state index contributed by atoms with van der Waals surface area (Å²) < 4.78 is 7.55. The summed E-state index contributed by atoms with van der Waals surface area (Å²) in [6.07, 6.45) is 7.59. The van der Waals surface area contributed by atoms with Crippen molar-refractivity contribution in [1.82, 2.24) is 9.55 Å². The third kappa shape index (κ3) is 2.17. The topological polar surface area (TPSA) is 57.0 Å². The van der Waals surface area contributed by atoms with Gasteiger partial charge < -0.3 is 14.7 Å². The van der Waals surface area contributed by atoms with Gasteiger partial charge in [-0.15, -0.1) is 0 Å². The Morgan fingerprint density at radius 1 is 1.50 bits per heavy atom. The van der Waals surface area contributed by atoms with Crippen LogP contribution in [0.15, 0.2) is 29.1 Å². The fourth-order valence-electron chi connectivity index (χ4n) is 1.78. The molecule has 4 heteroatoms. The Labute approximate surface area is 95.1 Å². The standard InChI is InChI=1S/C12H17N3O/c1-2-3-12-14-5-6-15(12)9-11-10(8-13)4-7-16-11/h4-7H,2-3,8-9,13H2,1H3. The van der Waals surface area contributed by atoms with Crippen LogP contribution in [0.2, 0.25) is 0 Å². The predicted octanol–water partition coefficient (Wildman–Crippen LogP) is 1.94. The van der Waals surface area contributed by atoms with Crippen LogP contribution >= 0.6 is 0 Å². The van der Waals surface area contributed by atoms with Crippen LogP contribution in [0.5, 0.6) is 0 Å². The van der Waals surface area contributed by atoms with Gasteiger partial charge in [-0.2, -0.15) is 0 Å². The van der Waals surface area contributed by atoms with Crippen molar-refractivity contribution in [3.05, 3.63) is 41.9 Å². The first-order valence-electron chi connectivity index (χ1n) is 5.60. The van der Waals surface area contributed by atoms with Gasteiger partial charge in [0.1, 0.15) is 11.6 Å². The molecule has 0 spiro atoms. The van der Waals surface area contributed by atoms with E-state index >= 15 is 0 Å². The molecule has 0 bridgehead atoms. The van der Waals surface area contributed by atoms with Gasteiger partial charge in [-0.05, 0) is 12.5 Å². The molecule has 0 unspecified atom stereocenters. The Morgan fingerprint density at radius 2 is 2.38 bits per heavy atom. The number of imidazole rings is 1. The van der Waals surface area contributed by atoms with Gasteiger partial charge in [-0.1, -0.05) is 6.92 Å². The van der Waals surface area contributed by atoms with Gasteiger partial charge in [-0.25, -0.2) is 4.98 Å². The maximum Gasteiger partial charge on any atom is 0.127 e. The number of aromatic nitrogens is 2. The zero-order chi connectivity index (χ0) is 11.4. The van der Waals surface area contributed by atoms with Crippen LogP contribution in [0.25, 0.3) is 0 Å². The molecule has 2 N–H and O–H groups in total. The number of hydrogen-bond acceptors (Lipinski definition) is 3. The highest BCUT2D eigenvalue weighted by Crippen LogP contribution is 2.13. The molecule has 86 valence electrons. The van der Waals surface area contributed by atoms with Crippen LogP contribution in [-0.4, -0.2) is 9.55 Å². The third-order valence-electron chi connectivity index (χ3n) is 2.65. The van der Waals surface area contributed by atoms with E-state index in [4.69, 9.17) is 10.2 Å². The zero-order valence-corrected chi connectivity index (χ0v) is 9.52. The van der Waals surface area contributed by atoms with E-state index in [0.29, 0.717) is 6.54 Å². The van der Waals surface area contributed by atoms with E-state index in [1.54, 1.807) is 6.26 Å². The van der Waals surface area contributed by atoms with E-state index in [2.05, 4.69) is 16.5 Å². The Hall–Kier alpha value is -1.55. The zero-order valence-electron chi connectivity index (χ0n) is 9.52. The van der Waals surface area contributed by atoms with E-state index in [9.17, 15) is 0 Å². The van der Waals surface area contributed by atoms with Crippen molar-refractivity contribution in [2.24, 2.45) is 5.73 Å². The average Bonchev–Trinajstić information content (AvgIpc) is 2.89. The molecule has 0 radical (unpaired) electrons. The molecule has 0 saturated heterocycles. The summed E-state index contributed by atoms with van der Waals surface area (Å²) in [4.78, 5) is 4.33. The van der Waals surface area contributed by atoms with E-state index in [1.807, 2.05) is 18.5 Å². The summed E-state index contributed by atoms with van der Waals surface area (Å²) in [6.45, 7) is 3.38. The van der Waals surface area contributed by atoms with Crippen molar-refractivity contribution in [2.75, 3.05) is 0 Å². The van der Waals surface area contributed by atoms with Gasteiger partial charge in [0.15, 0.2) is 0 Å². The number of furan rings is 1. The number of nitrogens with two attached hydrogens (primary N) is 1. The molecule has 0 saturated carbocycles. The van der Waals surface area contributed by atoms with E-state index in [0.717, 1.165) is 36.5 Å². The Bertz CT molecular complexity index is 445. The molecule has 2 heterocycles. The van der Waals surface area contributed by atoms with Crippen molar-refractivity contribution in [3.63, 3.8) is 0 Å². The smallest absolute Gasteiger partial charge is 0.127 e. The Morgan fingerprint density at radius 3 is 3.12 bits per heavy atom. The lowest BCUT2D eigenvalue weighted by Gasteiger charge is -2.06. The highest BCUT2D eigenvalue weighted by atomic mass is 16.3. The third-order valence-corrected chi connectivity index (χ3v) is 2.65. The second kappa shape index (κ2) is 4.99. The maximum atomic E-state index is 5.64. The van der Waals surface area contributed by atoms with Crippen molar-refractivity contribution >= 4 is 0 Å². The van der Waals surface area contributed by atoms with Crippen LogP contribution in [0.1, 0.15) is 30.5 Å². The molecule has 2 aromatic heterocycles. The minimum Gasteiger partial charge on any atom is -0.467 e. The quantitative estimate of drug-likeness (QED) is 0.836. The molecule has 4 nitrogen and oxygen atoms in total. The maximum absolute atomic E-state index is 5.64. The monoisotopic (exact) mass is 219 g/mol. The van der Waals surface area contributed by atoms with Crippen LogP contribution < -0.4 is 5.73 Å². The normalized spacial score (nSPS) is 10.9. The van der Waals surface area contributed by atoms with Crippen LogP contribution in [0.3, 0.4) is 0 Å². The molecule has 2 rings (SSSR count). The summed E-state index contributed by atoms with van der Waals surface area (Å²) >= 11 is 0. The van der Waals surface area contributed by atoms with E-state index in [-0.39, 0.29) is 0 Å². The number of rotatable bonds is 5. The number of hydrogen-bond donors (Lipinski definition) is 1. The molecule has 0 amide bonds. The molecule has 0 aliphatic rings. The lowest BCUT2D eigenvalue weighted by atomic mass is 10.2. The first-order valence-corrected chi connectivity index (χ1v) is 5.60. The molecule has 16 heavy (non-hydrogen) atoms. The molecule has 0 aromatic carbocycles. The van der Waals surface area contributed by atoms with Gasteiger partial charge in [0, 0.05) is 30.9 Å². The molecule has 0 atom stereocenters. The fourth-order valence-corrected chi connectivity index (χ4v) is 1.78. The Kier molecular flexibility index (Phi) is 3.41. The molecular weight excluding hydrogens is 202 g/mol. The van der Waals surface area contributed by atoms with Crippen LogP contribution in [0, 0.1) is 0 Å². The van der Waals surface area contributed by atoms with Gasteiger partial charge in [0.2, 0.25) is 0 Å². The lowest BCUT2D eigenvalue weighted by Crippen LogP contribution is -2.06. The predicted molar refractivity (Wildman–Crippen MR) is 61.9 cm³/mol. The second-order valence-electron chi connectivity index (χ2n) is 3.79. The van der Waals surface area contributed by atoms with Gasteiger partial charge in [-0.3, -0.25) is 0 Å². The van der Waals surface area contributed by atoms with Gasteiger partial charge >= 0.3 is 0 Å². The molecule has 2 aromatic rings. The SMILES string of the molecule is CCCc1nccn1Cc1occc1CN. The fraction of sp³-hybridized carbons (Fsp3) is 0.417. The Balaban J connectivity index is 2.17. The number of nitrogens with zero attached hydrogens (tertiary/aromatic N) is 2. The van der Waals surface area contributed by atoms with Crippen molar-refractivity contribution in [3.8, 4) is 0 Å². The minimum absolute atomic E-state index is 0.518. The van der Waals surface area contributed by atoms with E-state index < -0.39 is 0 Å². The van der Waals surface area contributed by atoms with E-state index in [1.165, 1.54) is 0 Å². The lowest BCUT2D eigenvalue weighted by molar-refractivity contribution is 0.483. The number of aryl methyl sites for hydroxylation is 1. The largest absolute Gasteiger partial charge is 0.467 e. The summed E-state index contributed by atoms with van der Waals surface area (Å²) in [5.41, 5.74) is 6.70. The minimum atomic E-state index is 0.518. The molecule has 0 aliphatic heterocycles. The van der Waals surface area contributed by atoms with Crippen LogP contribution in [0.4, 0.5) is 0 Å². The summed E-state index contributed by atoms with van der Waals surface area (Å²) in [6, 6.07) is 1.92. The highest BCUT2D eigenvalue weighted by Gasteiger charge is 2.08. The first kappa shape index (κ1) is 11.0. The molecular formula is C12H17N3O. The molecule has 0 aliphatic carbocycles. The van der Waals surface area contributed by atoms with Gasteiger partial charge in [0.25, 0.3) is 0 Å².